The van der Waals surface area contributed by atoms with Crippen LogP contribution in [0.25, 0.3) is 0 Å². The summed E-state index contributed by atoms with van der Waals surface area (Å²) in [5.74, 6) is 0.736. The first kappa shape index (κ1) is 22.9. The number of rotatable bonds is 8. The van der Waals surface area contributed by atoms with Crippen molar-refractivity contribution in [1.29, 1.82) is 0 Å². The fraction of sp³-hybridized carbons (Fsp3) is 0.421. The van der Waals surface area contributed by atoms with Crippen molar-refractivity contribution in [3.05, 3.63) is 53.3 Å². The van der Waals surface area contributed by atoms with Crippen molar-refractivity contribution in [2.24, 2.45) is 12.0 Å². The van der Waals surface area contributed by atoms with Crippen LogP contribution in [0.15, 0.2) is 41.7 Å². The van der Waals surface area contributed by atoms with Gasteiger partial charge in [0, 0.05) is 45.5 Å². The molecule has 0 bridgehead atoms. The molecular formula is C19H29IN6O. The van der Waals surface area contributed by atoms with Gasteiger partial charge in [-0.25, -0.2) is 0 Å². The number of nitrogens with one attached hydrogen (secondary N) is 3. The smallest absolute Gasteiger partial charge is 0.251 e. The molecule has 2 aromatic rings. The Bertz CT molecular complexity index is 743. The lowest BCUT2D eigenvalue weighted by Gasteiger charge is -2.11. The van der Waals surface area contributed by atoms with Crippen molar-refractivity contribution in [2.45, 2.75) is 19.8 Å². The minimum atomic E-state index is -0.0687. The minimum absolute atomic E-state index is 0. The Morgan fingerprint density at radius 3 is 2.70 bits per heavy atom. The number of carbonyl (C=O) groups excluding carboxylic acids is 1. The van der Waals surface area contributed by atoms with E-state index in [1.165, 1.54) is 5.56 Å². The van der Waals surface area contributed by atoms with Gasteiger partial charge in [0.2, 0.25) is 0 Å². The van der Waals surface area contributed by atoms with Crippen molar-refractivity contribution in [2.75, 3.05) is 26.7 Å². The molecule has 2 rings (SSSR count). The summed E-state index contributed by atoms with van der Waals surface area (Å²) in [5, 5.41) is 13.4. The molecule has 148 valence electrons. The number of hydrogen-bond donors (Lipinski definition) is 3. The van der Waals surface area contributed by atoms with E-state index in [1.807, 2.05) is 55.3 Å². The lowest BCUT2D eigenvalue weighted by atomic mass is 10.1. The molecule has 27 heavy (non-hydrogen) atoms. The van der Waals surface area contributed by atoms with Crippen molar-refractivity contribution >= 4 is 35.8 Å². The third kappa shape index (κ3) is 7.98. The third-order valence-electron chi connectivity index (χ3n) is 3.90. The Balaban J connectivity index is 0.00000364. The topological polar surface area (TPSA) is 83.3 Å². The van der Waals surface area contributed by atoms with Gasteiger partial charge in [0.1, 0.15) is 0 Å². The lowest BCUT2D eigenvalue weighted by molar-refractivity contribution is 0.0963. The van der Waals surface area contributed by atoms with E-state index in [0.29, 0.717) is 12.1 Å². The number of guanidine groups is 1. The van der Waals surface area contributed by atoms with Gasteiger partial charge in [0.15, 0.2) is 5.96 Å². The number of halogens is 1. The summed E-state index contributed by atoms with van der Waals surface area (Å²) in [6.07, 6.45) is 5.58. The van der Waals surface area contributed by atoms with Gasteiger partial charge in [0.25, 0.3) is 5.91 Å². The molecule has 0 unspecified atom stereocenters. The normalized spacial score (nSPS) is 10.9. The second-order valence-electron chi connectivity index (χ2n) is 5.99. The van der Waals surface area contributed by atoms with Gasteiger partial charge in [-0.2, -0.15) is 5.10 Å². The fourth-order valence-corrected chi connectivity index (χ4v) is 2.58. The Morgan fingerprint density at radius 1 is 1.22 bits per heavy atom. The van der Waals surface area contributed by atoms with Crippen LogP contribution in [0.4, 0.5) is 0 Å². The molecule has 0 atom stereocenters. The number of amides is 1. The van der Waals surface area contributed by atoms with E-state index in [-0.39, 0.29) is 29.9 Å². The summed E-state index contributed by atoms with van der Waals surface area (Å²) >= 11 is 0. The highest BCUT2D eigenvalue weighted by molar-refractivity contribution is 14.0. The zero-order valence-electron chi connectivity index (χ0n) is 16.2. The van der Waals surface area contributed by atoms with Crippen LogP contribution in [0.1, 0.15) is 28.4 Å². The molecule has 0 aliphatic rings. The van der Waals surface area contributed by atoms with Crippen LogP contribution in [0.3, 0.4) is 0 Å². The predicted molar refractivity (Wildman–Crippen MR) is 120 cm³/mol. The standard InChI is InChI=1S/C19H28N6O.HI/c1-4-21-19(23-11-9-16-13-24-25(3)14-16)22-10-8-15-6-5-7-17(12-15)18(26)20-2;/h5-7,12-14H,4,8-11H2,1-3H3,(H,20,26)(H2,21,22,23);1H. The number of aryl methyl sites for hydroxylation is 1. The average molecular weight is 484 g/mol. The summed E-state index contributed by atoms with van der Waals surface area (Å²) in [5.41, 5.74) is 2.97. The van der Waals surface area contributed by atoms with Crippen molar-refractivity contribution in [1.82, 2.24) is 25.7 Å². The van der Waals surface area contributed by atoms with E-state index in [2.05, 4.69) is 26.0 Å². The van der Waals surface area contributed by atoms with Crippen LogP contribution in [-0.2, 0) is 19.9 Å². The summed E-state index contributed by atoms with van der Waals surface area (Å²) < 4.78 is 1.81. The van der Waals surface area contributed by atoms with E-state index in [0.717, 1.165) is 37.5 Å². The molecule has 1 amide bonds. The quantitative estimate of drug-likeness (QED) is 0.303. The van der Waals surface area contributed by atoms with Gasteiger partial charge in [-0.05, 0) is 43.0 Å². The largest absolute Gasteiger partial charge is 0.357 e. The molecule has 1 heterocycles. The highest BCUT2D eigenvalue weighted by Crippen LogP contribution is 2.06. The van der Waals surface area contributed by atoms with Gasteiger partial charge in [-0.1, -0.05) is 12.1 Å². The van der Waals surface area contributed by atoms with E-state index in [9.17, 15) is 4.79 Å². The van der Waals surface area contributed by atoms with E-state index < -0.39 is 0 Å². The molecule has 3 N–H and O–H groups in total. The molecule has 0 saturated carbocycles. The molecule has 1 aromatic carbocycles. The Hall–Kier alpha value is -2.10. The van der Waals surface area contributed by atoms with Gasteiger partial charge in [-0.3, -0.25) is 14.5 Å². The first-order valence-corrected chi connectivity index (χ1v) is 8.93. The van der Waals surface area contributed by atoms with Gasteiger partial charge in [0.05, 0.1) is 6.20 Å². The number of benzene rings is 1. The molecule has 7 nitrogen and oxygen atoms in total. The Labute approximate surface area is 178 Å². The van der Waals surface area contributed by atoms with Crippen molar-refractivity contribution in [3.8, 4) is 0 Å². The maximum Gasteiger partial charge on any atom is 0.251 e. The van der Waals surface area contributed by atoms with Gasteiger partial charge in [-0.15, -0.1) is 24.0 Å². The van der Waals surface area contributed by atoms with Crippen LogP contribution in [0.5, 0.6) is 0 Å². The van der Waals surface area contributed by atoms with Gasteiger partial charge >= 0.3 is 0 Å². The highest BCUT2D eigenvalue weighted by atomic mass is 127. The lowest BCUT2D eigenvalue weighted by Crippen LogP contribution is -2.38. The molecule has 1 aromatic heterocycles. The van der Waals surface area contributed by atoms with Crippen molar-refractivity contribution in [3.63, 3.8) is 0 Å². The zero-order chi connectivity index (χ0) is 18.8. The third-order valence-corrected chi connectivity index (χ3v) is 3.90. The van der Waals surface area contributed by atoms with Crippen LogP contribution >= 0.6 is 24.0 Å². The molecule has 0 saturated heterocycles. The van der Waals surface area contributed by atoms with Crippen LogP contribution in [-0.4, -0.2) is 48.3 Å². The first-order valence-electron chi connectivity index (χ1n) is 8.93. The van der Waals surface area contributed by atoms with E-state index in [1.54, 1.807) is 7.05 Å². The molecular weight excluding hydrogens is 455 g/mol. The number of hydrogen-bond acceptors (Lipinski definition) is 3. The Kier molecular flexibility index (Phi) is 10.5. The second-order valence-corrected chi connectivity index (χ2v) is 5.99. The average Bonchev–Trinajstić information content (AvgIpc) is 3.06. The summed E-state index contributed by atoms with van der Waals surface area (Å²) in [6.45, 7) is 4.30. The number of aromatic nitrogens is 2. The predicted octanol–water partition coefficient (Wildman–Crippen LogP) is 1.74. The highest BCUT2D eigenvalue weighted by Gasteiger charge is 2.04. The number of aliphatic imine (C=N–C) groups is 1. The van der Waals surface area contributed by atoms with Crippen molar-refractivity contribution < 1.29 is 4.79 Å². The molecule has 8 heteroatoms. The summed E-state index contributed by atoms with van der Waals surface area (Å²) in [4.78, 5) is 16.3. The maximum absolute atomic E-state index is 11.7. The summed E-state index contributed by atoms with van der Waals surface area (Å²) in [7, 11) is 3.56. The minimum Gasteiger partial charge on any atom is -0.357 e. The molecule has 0 radical (unpaired) electrons. The zero-order valence-corrected chi connectivity index (χ0v) is 18.5. The van der Waals surface area contributed by atoms with Crippen LogP contribution in [0, 0.1) is 0 Å². The first-order chi connectivity index (χ1) is 12.6. The Morgan fingerprint density at radius 2 is 2.04 bits per heavy atom. The van der Waals surface area contributed by atoms with Gasteiger partial charge < -0.3 is 16.0 Å². The SMILES string of the molecule is CCNC(=NCCc1cccc(C(=O)NC)c1)NCCc1cnn(C)c1.I. The molecule has 0 aliphatic carbocycles. The molecule has 0 aliphatic heterocycles. The summed E-state index contributed by atoms with van der Waals surface area (Å²) in [6, 6.07) is 7.65. The number of nitrogens with zero attached hydrogens (tertiary/aromatic N) is 3. The monoisotopic (exact) mass is 484 g/mol. The van der Waals surface area contributed by atoms with Crippen LogP contribution in [0.2, 0.25) is 0 Å². The maximum atomic E-state index is 11.7. The van der Waals surface area contributed by atoms with E-state index in [4.69, 9.17) is 0 Å². The molecule has 0 spiro atoms. The fourth-order valence-electron chi connectivity index (χ4n) is 2.58. The molecule has 0 fully saturated rings. The second kappa shape index (κ2) is 12.3. The van der Waals surface area contributed by atoms with E-state index >= 15 is 0 Å². The number of carbonyl (C=O) groups is 1. The van der Waals surface area contributed by atoms with Crippen LogP contribution < -0.4 is 16.0 Å².